The van der Waals surface area contributed by atoms with Crippen molar-refractivity contribution in [3.05, 3.63) is 45.9 Å². The standard InChI is InChI=1S/C15H18N2O2/c1-4-8-19-13-7-5-6-12(9-13)14-16-11(3)10(2)15(18)17-14/h5-7,9H,4,8H2,1-3H3,(H,16,17,18). The van der Waals surface area contributed by atoms with Gasteiger partial charge in [-0.3, -0.25) is 4.79 Å². The minimum Gasteiger partial charge on any atom is -0.494 e. The van der Waals surface area contributed by atoms with Crippen molar-refractivity contribution in [2.24, 2.45) is 0 Å². The Morgan fingerprint density at radius 1 is 1.32 bits per heavy atom. The molecule has 0 radical (unpaired) electrons. The number of aromatic nitrogens is 2. The Kier molecular flexibility index (Phi) is 4.00. The van der Waals surface area contributed by atoms with Gasteiger partial charge in [-0.2, -0.15) is 0 Å². The lowest BCUT2D eigenvalue weighted by atomic mass is 10.2. The number of rotatable bonds is 4. The maximum atomic E-state index is 11.8. The lowest BCUT2D eigenvalue weighted by Gasteiger charge is -2.08. The topological polar surface area (TPSA) is 55.0 Å². The summed E-state index contributed by atoms with van der Waals surface area (Å²) in [5, 5.41) is 0. The van der Waals surface area contributed by atoms with Crippen LogP contribution in [-0.4, -0.2) is 16.6 Å². The van der Waals surface area contributed by atoms with E-state index in [0.717, 1.165) is 23.4 Å². The molecule has 4 heteroatoms. The molecule has 0 bridgehead atoms. The molecule has 0 amide bonds. The van der Waals surface area contributed by atoms with Gasteiger partial charge in [-0.15, -0.1) is 0 Å². The molecule has 4 nitrogen and oxygen atoms in total. The van der Waals surface area contributed by atoms with Crippen LogP contribution in [0.3, 0.4) is 0 Å². The summed E-state index contributed by atoms with van der Waals surface area (Å²) in [7, 11) is 0. The van der Waals surface area contributed by atoms with Gasteiger partial charge in [-0.25, -0.2) is 4.98 Å². The van der Waals surface area contributed by atoms with Crippen LogP contribution in [0.15, 0.2) is 29.1 Å². The average Bonchev–Trinajstić information content (AvgIpc) is 2.42. The van der Waals surface area contributed by atoms with Crippen molar-refractivity contribution in [2.45, 2.75) is 27.2 Å². The number of benzene rings is 1. The van der Waals surface area contributed by atoms with E-state index >= 15 is 0 Å². The second-order valence-electron chi connectivity index (χ2n) is 4.50. The molecule has 0 aliphatic heterocycles. The van der Waals surface area contributed by atoms with Crippen LogP contribution in [0.2, 0.25) is 0 Å². The maximum Gasteiger partial charge on any atom is 0.254 e. The second kappa shape index (κ2) is 5.69. The van der Waals surface area contributed by atoms with Gasteiger partial charge < -0.3 is 9.72 Å². The predicted octanol–water partition coefficient (Wildman–Crippen LogP) is 2.84. The van der Waals surface area contributed by atoms with E-state index in [2.05, 4.69) is 16.9 Å². The Morgan fingerprint density at radius 2 is 2.11 bits per heavy atom. The molecule has 1 aromatic carbocycles. The Hall–Kier alpha value is -2.10. The molecule has 1 heterocycles. The zero-order valence-corrected chi connectivity index (χ0v) is 11.5. The van der Waals surface area contributed by atoms with Gasteiger partial charge >= 0.3 is 0 Å². The normalized spacial score (nSPS) is 10.5. The number of ether oxygens (including phenoxy) is 1. The highest BCUT2D eigenvalue weighted by Gasteiger charge is 2.06. The molecule has 0 fully saturated rings. The summed E-state index contributed by atoms with van der Waals surface area (Å²) in [6.45, 7) is 6.35. The van der Waals surface area contributed by atoms with Gasteiger partial charge in [0.25, 0.3) is 5.56 Å². The molecule has 0 saturated carbocycles. The smallest absolute Gasteiger partial charge is 0.254 e. The summed E-state index contributed by atoms with van der Waals surface area (Å²) >= 11 is 0. The maximum absolute atomic E-state index is 11.8. The number of nitrogens with one attached hydrogen (secondary N) is 1. The molecule has 2 rings (SSSR count). The molecule has 0 spiro atoms. The highest BCUT2D eigenvalue weighted by Crippen LogP contribution is 2.20. The van der Waals surface area contributed by atoms with Gasteiger partial charge in [0.05, 0.1) is 6.61 Å². The molecule has 100 valence electrons. The van der Waals surface area contributed by atoms with Crippen LogP contribution in [0.4, 0.5) is 0 Å². The third-order valence-electron chi connectivity index (χ3n) is 2.98. The fourth-order valence-corrected chi connectivity index (χ4v) is 1.73. The van der Waals surface area contributed by atoms with Crippen LogP contribution in [0.25, 0.3) is 11.4 Å². The number of aromatic amines is 1. The SMILES string of the molecule is CCCOc1cccc(-c2nc(C)c(C)c(=O)[nH]2)c1. The molecule has 19 heavy (non-hydrogen) atoms. The Labute approximate surface area is 112 Å². The van der Waals surface area contributed by atoms with Crippen LogP contribution in [0.5, 0.6) is 5.75 Å². The minimum atomic E-state index is -0.0950. The van der Waals surface area contributed by atoms with Gasteiger partial charge in [-0.1, -0.05) is 19.1 Å². The van der Waals surface area contributed by atoms with E-state index in [1.165, 1.54) is 0 Å². The first-order valence-electron chi connectivity index (χ1n) is 6.42. The molecule has 0 aliphatic carbocycles. The molecule has 0 aliphatic rings. The summed E-state index contributed by atoms with van der Waals surface area (Å²) < 4.78 is 5.58. The lowest BCUT2D eigenvalue weighted by molar-refractivity contribution is 0.317. The van der Waals surface area contributed by atoms with Gasteiger partial charge in [0.2, 0.25) is 0 Å². The van der Waals surface area contributed by atoms with Crippen molar-refractivity contribution in [1.29, 1.82) is 0 Å². The number of hydrogen-bond acceptors (Lipinski definition) is 3. The molecule has 0 atom stereocenters. The molecular formula is C15H18N2O2. The monoisotopic (exact) mass is 258 g/mol. The van der Waals surface area contributed by atoms with E-state index in [1.54, 1.807) is 6.92 Å². The predicted molar refractivity (Wildman–Crippen MR) is 75.6 cm³/mol. The molecule has 0 saturated heterocycles. The highest BCUT2D eigenvalue weighted by atomic mass is 16.5. The van der Waals surface area contributed by atoms with Crippen molar-refractivity contribution in [3.63, 3.8) is 0 Å². The van der Waals surface area contributed by atoms with Crippen molar-refractivity contribution in [1.82, 2.24) is 9.97 Å². The van der Waals surface area contributed by atoms with Gasteiger partial charge in [0, 0.05) is 16.8 Å². The third-order valence-corrected chi connectivity index (χ3v) is 2.98. The van der Waals surface area contributed by atoms with E-state index in [0.29, 0.717) is 18.0 Å². The minimum absolute atomic E-state index is 0.0950. The van der Waals surface area contributed by atoms with E-state index in [4.69, 9.17) is 4.74 Å². The van der Waals surface area contributed by atoms with Gasteiger partial charge in [0.1, 0.15) is 11.6 Å². The molecule has 0 unspecified atom stereocenters. The first-order chi connectivity index (χ1) is 9.11. The number of hydrogen-bond donors (Lipinski definition) is 1. The Bertz CT molecular complexity index is 632. The summed E-state index contributed by atoms with van der Waals surface area (Å²) in [5.74, 6) is 1.37. The van der Waals surface area contributed by atoms with Crippen molar-refractivity contribution in [2.75, 3.05) is 6.61 Å². The Balaban J connectivity index is 2.39. The first-order valence-corrected chi connectivity index (χ1v) is 6.42. The molecule has 1 aromatic heterocycles. The summed E-state index contributed by atoms with van der Waals surface area (Å²) in [6, 6.07) is 7.60. The largest absolute Gasteiger partial charge is 0.494 e. The summed E-state index contributed by atoms with van der Waals surface area (Å²) in [6.07, 6.45) is 0.961. The van der Waals surface area contributed by atoms with E-state index in [9.17, 15) is 4.79 Å². The molecule has 2 aromatic rings. The van der Waals surface area contributed by atoms with E-state index < -0.39 is 0 Å². The van der Waals surface area contributed by atoms with Crippen molar-refractivity contribution >= 4 is 0 Å². The number of H-pyrrole nitrogens is 1. The van der Waals surface area contributed by atoms with Crippen LogP contribution < -0.4 is 10.3 Å². The summed E-state index contributed by atoms with van der Waals surface area (Å²) in [4.78, 5) is 19.0. The lowest BCUT2D eigenvalue weighted by Crippen LogP contribution is -2.14. The van der Waals surface area contributed by atoms with E-state index in [1.807, 2.05) is 31.2 Å². The summed E-state index contributed by atoms with van der Waals surface area (Å²) in [5.41, 5.74) is 2.16. The van der Waals surface area contributed by atoms with Crippen LogP contribution >= 0.6 is 0 Å². The van der Waals surface area contributed by atoms with Gasteiger partial charge in [0.15, 0.2) is 0 Å². The quantitative estimate of drug-likeness (QED) is 0.917. The fourth-order valence-electron chi connectivity index (χ4n) is 1.73. The average molecular weight is 258 g/mol. The van der Waals surface area contributed by atoms with Crippen molar-refractivity contribution in [3.8, 4) is 17.1 Å². The zero-order chi connectivity index (χ0) is 13.8. The molecular weight excluding hydrogens is 240 g/mol. The number of nitrogens with zero attached hydrogens (tertiary/aromatic N) is 1. The van der Waals surface area contributed by atoms with Crippen LogP contribution in [-0.2, 0) is 0 Å². The van der Waals surface area contributed by atoms with Crippen LogP contribution in [0, 0.1) is 13.8 Å². The zero-order valence-electron chi connectivity index (χ0n) is 11.5. The third kappa shape index (κ3) is 3.02. The number of aryl methyl sites for hydroxylation is 1. The van der Waals surface area contributed by atoms with E-state index in [-0.39, 0.29) is 5.56 Å². The van der Waals surface area contributed by atoms with Gasteiger partial charge in [-0.05, 0) is 32.4 Å². The first kappa shape index (κ1) is 13.3. The fraction of sp³-hybridized carbons (Fsp3) is 0.333. The Morgan fingerprint density at radius 3 is 2.79 bits per heavy atom. The highest BCUT2D eigenvalue weighted by molar-refractivity contribution is 5.57. The second-order valence-corrected chi connectivity index (χ2v) is 4.50. The van der Waals surface area contributed by atoms with Crippen molar-refractivity contribution < 1.29 is 4.74 Å². The molecule has 1 N–H and O–H groups in total. The van der Waals surface area contributed by atoms with Crippen LogP contribution in [0.1, 0.15) is 24.6 Å².